The number of nitrogen functional groups attached to an aromatic ring is 1. The van der Waals surface area contributed by atoms with Gasteiger partial charge in [0.1, 0.15) is 28.9 Å². The van der Waals surface area contributed by atoms with Gasteiger partial charge in [-0.1, -0.05) is 30.8 Å². The Labute approximate surface area is 233 Å². The fourth-order valence-electron chi connectivity index (χ4n) is 6.03. The number of aromatic nitrogens is 4. The number of carbonyl (C=O) groups is 2. The highest BCUT2D eigenvalue weighted by Gasteiger charge is 2.52. The van der Waals surface area contributed by atoms with Crippen LogP contribution in [-0.4, -0.2) is 66.5 Å². The van der Waals surface area contributed by atoms with Crippen LogP contribution in [0.25, 0.3) is 16.8 Å². The number of hydrogen-bond donors (Lipinski definition) is 1. The summed E-state index contributed by atoms with van der Waals surface area (Å²) in [6, 6.07) is 8.17. The van der Waals surface area contributed by atoms with Crippen LogP contribution in [0.2, 0.25) is 0 Å². The van der Waals surface area contributed by atoms with Crippen molar-refractivity contribution in [1.29, 1.82) is 0 Å². The van der Waals surface area contributed by atoms with Crippen LogP contribution >= 0.6 is 0 Å². The molecule has 2 unspecified atom stereocenters. The van der Waals surface area contributed by atoms with Gasteiger partial charge in [-0.25, -0.2) is 9.97 Å². The Balaban J connectivity index is 1.34. The molecule has 2 aliphatic heterocycles. The van der Waals surface area contributed by atoms with Crippen LogP contribution in [0.3, 0.4) is 0 Å². The first-order valence-corrected chi connectivity index (χ1v) is 13.0. The van der Waals surface area contributed by atoms with Crippen LogP contribution in [0.1, 0.15) is 39.9 Å². The summed E-state index contributed by atoms with van der Waals surface area (Å²) in [4.78, 5) is 43.0. The van der Waals surface area contributed by atoms with E-state index in [0.717, 1.165) is 31.3 Å². The number of nitrogens with two attached hydrogens (primary N) is 1. The summed E-state index contributed by atoms with van der Waals surface area (Å²) in [5, 5.41) is 0. The van der Waals surface area contributed by atoms with Crippen LogP contribution in [0, 0.1) is 0 Å². The summed E-state index contributed by atoms with van der Waals surface area (Å²) in [6.07, 6.45) is 1.75. The molecule has 4 aromatic rings. The van der Waals surface area contributed by atoms with Crippen molar-refractivity contribution in [2.45, 2.75) is 37.1 Å². The maximum Gasteiger partial charge on any atom is 0.416 e. The van der Waals surface area contributed by atoms with E-state index in [1.54, 1.807) is 36.7 Å². The number of likely N-dealkylation sites (N-methyl/N-ethyl adjacent to an activating group) is 1. The number of anilines is 1. The Bertz CT molecular complexity index is 1680. The molecule has 2 N–H and O–H groups in total. The van der Waals surface area contributed by atoms with E-state index >= 15 is 0 Å². The second-order valence-electron chi connectivity index (χ2n) is 10.4. The van der Waals surface area contributed by atoms with Crippen molar-refractivity contribution in [3.8, 4) is 11.3 Å². The SMILES string of the molecule is C=CC(=O)N1C2C[C@@H](C1c1nc(-c3ccc(C(=O)Cc4cc(C(F)(F)F)ccn4)cc3)c3c(N)nccn13)N(C)C2. The van der Waals surface area contributed by atoms with E-state index in [1.165, 1.54) is 6.08 Å². The highest BCUT2D eigenvalue weighted by Crippen LogP contribution is 2.45. The first kappa shape index (κ1) is 26.6. The third-order valence-corrected chi connectivity index (χ3v) is 7.91. The minimum Gasteiger partial charge on any atom is -0.382 e. The van der Waals surface area contributed by atoms with E-state index in [1.807, 2.05) is 16.3 Å². The maximum absolute atomic E-state index is 13.1. The molecule has 0 saturated carbocycles. The number of imidazole rings is 1. The fourth-order valence-corrected chi connectivity index (χ4v) is 6.03. The van der Waals surface area contributed by atoms with Crippen molar-refractivity contribution in [3.05, 3.63) is 90.3 Å². The number of nitrogens with zero attached hydrogens (tertiary/aromatic N) is 6. The standard InChI is InChI=1S/C29H26F3N7O2/c1-3-23(41)39-20-14-21(37(2)15-20)25(39)28-36-24(26-27(33)35-10-11-38(26)28)17-6-4-16(5-7-17)22(40)13-19-12-18(8-9-34-19)29(30,31)32/h3-12,20-21,25H,1,13-15H2,2H3,(H2,33,35)/t20?,21-,25?/m0/s1. The molecule has 210 valence electrons. The molecular formula is C29H26F3N7O2. The number of hydrogen-bond acceptors (Lipinski definition) is 7. The number of likely N-dealkylation sites (tertiary alicyclic amines) is 2. The van der Waals surface area contributed by atoms with Gasteiger partial charge in [0, 0.05) is 54.0 Å². The number of piperazine rings is 1. The Hall–Kier alpha value is -4.58. The third kappa shape index (κ3) is 4.53. The zero-order chi connectivity index (χ0) is 29.1. The largest absolute Gasteiger partial charge is 0.416 e. The molecule has 6 rings (SSSR count). The lowest BCUT2D eigenvalue weighted by Gasteiger charge is -2.38. The Kier molecular flexibility index (Phi) is 6.37. The van der Waals surface area contributed by atoms with Crippen molar-refractivity contribution >= 4 is 23.0 Å². The van der Waals surface area contributed by atoms with Crippen LogP contribution in [-0.2, 0) is 17.4 Å². The third-order valence-electron chi connectivity index (χ3n) is 7.91. The molecule has 41 heavy (non-hydrogen) atoms. The quantitative estimate of drug-likeness (QED) is 0.280. The molecule has 0 aliphatic carbocycles. The number of ketones is 1. The van der Waals surface area contributed by atoms with E-state index < -0.39 is 11.7 Å². The molecule has 2 bridgehead atoms. The first-order chi connectivity index (χ1) is 19.6. The lowest BCUT2D eigenvalue weighted by atomic mass is 10.0. The second kappa shape index (κ2) is 9.81. The van der Waals surface area contributed by atoms with E-state index in [9.17, 15) is 22.8 Å². The van der Waals surface area contributed by atoms with Crippen molar-refractivity contribution in [3.63, 3.8) is 0 Å². The van der Waals surface area contributed by atoms with E-state index in [-0.39, 0.29) is 47.7 Å². The summed E-state index contributed by atoms with van der Waals surface area (Å²) in [5.74, 6) is 0.377. The minimum atomic E-state index is -4.52. The smallest absolute Gasteiger partial charge is 0.382 e. The van der Waals surface area contributed by atoms with Gasteiger partial charge in [-0.2, -0.15) is 13.2 Å². The number of fused-ring (bicyclic) bond motifs is 3. The van der Waals surface area contributed by atoms with Gasteiger partial charge in [-0.3, -0.25) is 23.9 Å². The number of carbonyl (C=O) groups excluding carboxylic acids is 2. The second-order valence-corrected chi connectivity index (χ2v) is 10.4. The maximum atomic E-state index is 13.1. The Morgan fingerprint density at radius 1 is 1.15 bits per heavy atom. The predicted octanol–water partition coefficient (Wildman–Crippen LogP) is 3.96. The molecule has 3 atom stereocenters. The van der Waals surface area contributed by atoms with Crippen LogP contribution in [0.15, 0.2) is 67.6 Å². The number of benzene rings is 1. The lowest BCUT2D eigenvalue weighted by Crippen LogP contribution is -2.49. The summed E-state index contributed by atoms with van der Waals surface area (Å²) >= 11 is 0. The summed E-state index contributed by atoms with van der Waals surface area (Å²) in [7, 11) is 2.03. The lowest BCUT2D eigenvalue weighted by molar-refractivity contribution is -0.137. The number of rotatable bonds is 6. The fraction of sp³-hybridized carbons (Fsp3) is 0.276. The zero-order valence-electron chi connectivity index (χ0n) is 22.0. The summed E-state index contributed by atoms with van der Waals surface area (Å²) < 4.78 is 41.0. The average molecular weight is 562 g/mol. The van der Waals surface area contributed by atoms with Crippen molar-refractivity contribution in [2.75, 3.05) is 19.3 Å². The van der Waals surface area contributed by atoms with Crippen LogP contribution < -0.4 is 5.73 Å². The van der Waals surface area contributed by atoms with E-state index in [4.69, 9.17) is 10.7 Å². The molecule has 5 heterocycles. The van der Waals surface area contributed by atoms with Crippen molar-refractivity contribution in [1.82, 2.24) is 29.2 Å². The molecule has 2 aliphatic rings. The van der Waals surface area contributed by atoms with E-state index in [0.29, 0.717) is 28.2 Å². The molecule has 1 amide bonds. The number of pyridine rings is 1. The molecule has 2 saturated heterocycles. The van der Waals surface area contributed by atoms with Crippen LogP contribution in [0.5, 0.6) is 0 Å². The number of amides is 1. The van der Waals surface area contributed by atoms with Crippen molar-refractivity contribution < 1.29 is 22.8 Å². The molecule has 2 fully saturated rings. The molecule has 12 heteroatoms. The molecule has 9 nitrogen and oxygen atoms in total. The molecule has 0 radical (unpaired) electrons. The van der Waals surface area contributed by atoms with Crippen molar-refractivity contribution in [2.24, 2.45) is 0 Å². The topological polar surface area (TPSA) is 110 Å². The number of alkyl halides is 3. The van der Waals surface area contributed by atoms with Gasteiger partial charge < -0.3 is 10.6 Å². The molecule has 1 aromatic carbocycles. The summed E-state index contributed by atoms with van der Waals surface area (Å²) in [6.45, 7) is 4.46. The van der Waals surface area contributed by atoms with E-state index in [2.05, 4.69) is 21.4 Å². The molecular weight excluding hydrogens is 535 g/mol. The Morgan fingerprint density at radius 3 is 2.61 bits per heavy atom. The highest BCUT2D eigenvalue weighted by atomic mass is 19.4. The predicted molar refractivity (Wildman–Crippen MR) is 145 cm³/mol. The van der Waals surface area contributed by atoms with Gasteiger partial charge >= 0.3 is 6.18 Å². The van der Waals surface area contributed by atoms with Gasteiger partial charge in [-0.05, 0) is 31.7 Å². The van der Waals surface area contributed by atoms with Gasteiger partial charge in [-0.15, -0.1) is 0 Å². The average Bonchev–Trinajstić information content (AvgIpc) is 3.63. The van der Waals surface area contributed by atoms with Gasteiger partial charge in [0.05, 0.1) is 12.0 Å². The van der Waals surface area contributed by atoms with Gasteiger partial charge in [0.25, 0.3) is 0 Å². The number of Topliss-reactive ketones (excluding diaryl/α,β-unsaturated/α-hetero) is 1. The highest BCUT2D eigenvalue weighted by molar-refractivity contribution is 5.98. The number of halogens is 3. The minimum absolute atomic E-state index is 0.0342. The first-order valence-electron chi connectivity index (χ1n) is 13.0. The van der Waals surface area contributed by atoms with Crippen LogP contribution in [0.4, 0.5) is 19.0 Å². The van der Waals surface area contributed by atoms with Gasteiger partial charge in [0.15, 0.2) is 5.78 Å². The zero-order valence-corrected chi connectivity index (χ0v) is 22.0. The normalized spacial score (nSPS) is 20.6. The molecule has 0 spiro atoms. The Morgan fingerprint density at radius 2 is 1.90 bits per heavy atom. The van der Waals surface area contributed by atoms with Gasteiger partial charge in [0.2, 0.25) is 5.91 Å². The summed E-state index contributed by atoms with van der Waals surface area (Å²) in [5.41, 5.74) is 7.60. The molecule has 3 aromatic heterocycles. The monoisotopic (exact) mass is 561 g/mol.